The maximum Gasteiger partial charge on any atom is 0.160 e. The van der Waals surface area contributed by atoms with Crippen LogP contribution in [0.2, 0.25) is 0 Å². The first kappa shape index (κ1) is 19.0. The summed E-state index contributed by atoms with van der Waals surface area (Å²) < 4.78 is 0. The molecule has 0 bridgehead atoms. The van der Waals surface area contributed by atoms with E-state index in [1.807, 2.05) is 24.3 Å². The average Bonchev–Trinajstić information content (AvgIpc) is 2.85. The molecule has 0 saturated heterocycles. The quantitative estimate of drug-likeness (QED) is 0.314. The molecular formula is C29H22N2. The Morgan fingerprint density at radius 3 is 1.58 bits per heavy atom. The largest absolute Gasteiger partial charge is 0.228 e. The second kappa shape index (κ2) is 8.37. The summed E-state index contributed by atoms with van der Waals surface area (Å²) in [5.41, 5.74) is 8.64. The summed E-state index contributed by atoms with van der Waals surface area (Å²) in [6.07, 6.45) is 0. The van der Waals surface area contributed by atoms with Crippen molar-refractivity contribution >= 4 is 0 Å². The minimum Gasteiger partial charge on any atom is -0.228 e. The SMILES string of the molecule is Cc1cccc(-c2cc(-c3ccccc3)nc(-c3ccc(-c4ccccc4)cc3)n2)c1. The highest BCUT2D eigenvalue weighted by atomic mass is 14.9. The van der Waals surface area contributed by atoms with Gasteiger partial charge in [-0.05, 0) is 30.2 Å². The van der Waals surface area contributed by atoms with Crippen LogP contribution in [0.15, 0.2) is 115 Å². The summed E-state index contributed by atoms with van der Waals surface area (Å²) in [6, 6.07) is 39.7. The lowest BCUT2D eigenvalue weighted by atomic mass is 10.0. The summed E-state index contributed by atoms with van der Waals surface area (Å²) in [5.74, 6) is 0.734. The first-order valence-electron chi connectivity index (χ1n) is 10.4. The molecule has 0 radical (unpaired) electrons. The van der Waals surface area contributed by atoms with Gasteiger partial charge in [-0.25, -0.2) is 9.97 Å². The van der Waals surface area contributed by atoms with E-state index in [-0.39, 0.29) is 0 Å². The van der Waals surface area contributed by atoms with Gasteiger partial charge in [-0.3, -0.25) is 0 Å². The normalized spacial score (nSPS) is 10.7. The average molecular weight is 399 g/mol. The van der Waals surface area contributed by atoms with Gasteiger partial charge in [0.1, 0.15) is 0 Å². The molecule has 1 aromatic heterocycles. The van der Waals surface area contributed by atoms with Gasteiger partial charge in [0.25, 0.3) is 0 Å². The van der Waals surface area contributed by atoms with Gasteiger partial charge in [0.15, 0.2) is 5.82 Å². The van der Waals surface area contributed by atoms with Gasteiger partial charge < -0.3 is 0 Å². The van der Waals surface area contributed by atoms with Crippen molar-refractivity contribution in [2.24, 2.45) is 0 Å². The van der Waals surface area contributed by atoms with Gasteiger partial charge in [0.2, 0.25) is 0 Å². The molecule has 0 aliphatic rings. The fraction of sp³-hybridized carbons (Fsp3) is 0.0345. The van der Waals surface area contributed by atoms with E-state index >= 15 is 0 Å². The van der Waals surface area contributed by atoms with Crippen molar-refractivity contribution in [1.29, 1.82) is 0 Å². The third-order valence-electron chi connectivity index (χ3n) is 5.36. The molecule has 0 atom stereocenters. The van der Waals surface area contributed by atoms with E-state index in [1.54, 1.807) is 0 Å². The van der Waals surface area contributed by atoms with Crippen molar-refractivity contribution in [3.63, 3.8) is 0 Å². The van der Waals surface area contributed by atoms with Gasteiger partial charge in [-0.1, -0.05) is 109 Å². The molecule has 2 nitrogen and oxygen atoms in total. The van der Waals surface area contributed by atoms with E-state index in [4.69, 9.17) is 9.97 Å². The number of aromatic nitrogens is 2. The fourth-order valence-corrected chi connectivity index (χ4v) is 3.73. The van der Waals surface area contributed by atoms with Crippen molar-refractivity contribution in [3.05, 3.63) is 121 Å². The van der Waals surface area contributed by atoms with Crippen molar-refractivity contribution in [1.82, 2.24) is 9.97 Å². The molecule has 5 aromatic rings. The summed E-state index contributed by atoms with van der Waals surface area (Å²) in [6.45, 7) is 2.10. The van der Waals surface area contributed by atoms with Crippen LogP contribution in [-0.2, 0) is 0 Å². The van der Waals surface area contributed by atoms with Crippen molar-refractivity contribution in [2.75, 3.05) is 0 Å². The highest BCUT2D eigenvalue weighted by Crippen LogP contribution is 2.29. The predicted molar refractivity (Wildman–Crippen MR) is 129 cm³/mol. The van der Waals surface area contributed by atoms with Crippen LogP contribution < -0.4 is 0 Å². The molecule has 0 spiro atoms. The van der Waals surface area contributed by atoms with Crippen LogP contribution in [0.5, 0.6) is 0 Å². The lowest BCUT2D eigenvalue weighted by molar-refractivity contribution is 1.18. The second-order valence-corrected chi connectivity index (χ2v) is 7.64. The Morgan fingerprint density at radius 2 is 0.935 bits per heavy atom. The number of nitrogens with zero attached hydrogens (tertiary/aromatic N) is 2. The fourth-order valence-electron chi connectivity index (χ4n) is 3.73. The summed E-state index contributed by atoms with van der Waals surface area (Å²) in [4.78, 5) is 9.84. The molecule has 0 aliphatic heterocycles. The maximum absolute atomic E-state index is 4.93. The van der Waals surface area contributed by atoms with Crippen molar-refractivity contribution in [2.45, 2.75) is 6.92 Å². The molecule has 0 aliphatic carbocycles. The molecular weight excluding hydrogens is 376 g/mol. The Balaban J connectivity index is 1.61. The van der Waals surface area contributed by atoms with Crippen LogP contribution in [0.1, 0.15) is 5.56 Å². The molecule has 148 valence electrons. The Hall–Kier alpha value is -4.04. The van der Waals surface area contributed by atoms with Crippen LogP contribution in [0.4, 0.5) is 0 Å². The van der Waals surface area contributed by atoms with Crippen molar-refractivity contribution in [3.8, 4) is 45.0 Å². The smallest absolute Gasteiger partial charge is 0.160 e. The van der Waals surface area contributed by atoms with E-state index in [1.165, 1.54) is 16.7 Å². The zero-order chi connectivity index (χ0) is 21.0. The number of aryl methyl sites for hydroxylation is 1. The van der Waals surface area contributed by atoms with Crippen LogP contribution in [0, 0.1) is 6.92 Å². The molecule has 0 N–H and O–H groups in total. The first-order valence-corrected chi connectivity index (χ1v) is 10.4. The number of rotatable bonds is 4. The molecule has 1 heterocycles. The van der Waals surface area contributed by atoms with Crippen LogP contribution >= 0.6 is 0 Å². The lowest BCUT2D eigenvalue weighted by Gasteiger charge is -2.10. The van der Waals surface area contributed by atoms with Gasteiger partial charge >= 0.3 is 0 Å². The molecule has 31 heavy (non-hydrogen) atoms. The summed E-state index contributed by atoms with van der Waals surface area (Å²) in [7, 11) is 0. The van der Waals surface area contributed by atoms with Gasteiger partial charge in [-0.2, -0.15) is 0 Å². The zero-order valence-electron chi connectivity index (χ0n) is 17.4. The lowest BCUT2D eigenvalue weighted by Crippen LogP contribution is -1.96. The van der Waals surface area contributed by atoms with E-state index < -0.39 is 0 Å². The van der Waals surface area contributed by atoms with Gasteiger partial charge in [0, 0.05) is 16.7 Å². The molecule has 0 amide bonds. The van der Waals surface area contributed by atoms with Crippen molar-refractivity contribution < 1.29 is 0 Å². The Morgan fingerprint density at radius 1 is 0.419 bits per heavy atom. The Bertz CT molecular complexity index is 1310. The minimum atomic E-state index is 0.734. The number of hydrogen-bond acceptors (Lipinski definition) is 2. The monoisotopic (exact) mass is 398 g/mol. The molecule has 2 heteroatoms. The van der Waals surface area contributed by atoms with E-state index in [0.29, 0.717) is 0 Å². The topological polar surface area (TPSA) is 25.8 Å². The zero-order valence-corrected chi connectivity index (χ0v) is 17.4. The molecule has 0 fully saturated rings. The molecule has 0 saturated carbocycles. The predicted octanol–water partition coefficient (Wildman–Crippen LogP) is 7.45. The maximum atomic E-state index is 4.93. The van der Waals surface area contributed by atoms with Crippen LogP contribution in [-0.4, -0.2) is 9.97 Å². The molecule has 5 rings (SSSR count). The highest BCUT2D eigenvalue weighted by Gasteiger charge is 2.11. The van der Waals surface area contributed by atoms with Crippen LogP contribution in [0.25, 0.3) is 45.0 Å². The van der Waals surface area contributed by atoms with E-state index in [9.17, 15) is 0 Å². The second-order valence-electron chi connectivity index (χ2n) is 7.64. The Kier molecular flexibility index (Phi) is 5.12. The number of benzene rings is 4. The van der Waals surface area contributed by atoms with Gasteiger partial charge in [0.05, 0.1) is 11.4 Å². The Labute approximate surface area is 182 Å². The highest BCUT2D eigenvalue weighted by molar-refractivity contribution is 5.73. The van der Waals surface area contributed by atoms with Crippen LogP contribution in [0.3, 0.4) is 0 Å². The summed E-state index contributed by atoms with van der Waals surface area (Å²) >= 11 is 0. The molecule has 0 unspecified atom stereocenters. The van der Waals surface area contributed by atoms with Gasteiger partial charge in [-0.15, -0.1) is 0 Å². The standard InChI is InChI=1S/C29H22N2/c1-21-9-8-14-26(19-21)28-20-27(24-12-6-3-7-13-24)30-29(31-28)25-17-15-23(16-18-25)22-10-4-2-5-11-22/h2-20H,1H3. The summed E-state index contributed by atoms with van der Waals surface area (Å²) in [5, 5.41) is 0. The third kappa shape index (κ3) is 4.15. The minimum absolute atomic E-state index is 0.734. The number of hydrogen-bond donors (Lipinski definition) is 0. The third-order valence-corrected chi connectivity index (χ3v) is 5.36. The van der Waals surface area contributed by atoms with E-state index in [0.717, 1.165) is 33.9 Å². The van der Waals surface area contributed by atoms with E-state index in [2.05, 4.69) is 97.9 Å². The molecule has 4 aromatic carbocycles. The first-order chi connectivity index (χ1) is 15.3.